The highest BCUT2D eigenvalue weighted by Gasteiger charge is 2.16. The van der Waals surface area contributed by atoms with E-state index in [-0.39, 0.29) is 11.3 Å². The lowest BCUT2D eigenvalue weighted by Crippen LogP contribution is -2.35. The number of benzene rings is 2. The normalized spacial score (nSPS) is 12.5. The van der Waals surface area contributed by atoms with Gasteiger partial charge < -0.3 is 10.1 Å². The van der Waals surface area contributed by atoms with Crippen molar-refractivity contribution in [3.8, 4) is 5.75 Å². The fourth-order valence-corrected chi connectivity index (χ4v) is 2.78. The predicted octanol–water partition coefficient (Wildman–Crippen LogP) is 4.79. The highest BCUT2D eigenvalue weighted by Crippen LogP contribution is 2.24. The molecule has 0 bridgehead atoms. The van der Waals surface area contributed by atoms with E-state index in [9.17, 15) is 4.79 Å². The first-order valence-corrected chi connectivity index (χ1v) is 9.70. The summed E-state index contributed by atoms with van der Waals surface area (Å²) in [6.45, 7) is 8.79. The Morgan fingerprint density at radius 3 is 2.20 bits per heavy atom. The molecule has 1 N–H and O–H groups in total. The lowest BCUT2D eigenvalue weighted by Gasteiger charge is -2.20. The summed E-state index contributed by atoms with van der Waals surface area (Å²) in [5, 5.41) is 2.92. The summed E-state index contributed by atoms with van der Waals surface area (Å²) in [4.78, 5) is 13.4. The van der Waals surface area contributed by atoms with Crippen LogP contribution in [0.1, 0.15) is 38.8 Å². The Labute approximate surface area is 155 Å². The van der Waals surface area contributed by atoms with Crippen molar-refractivity contribution in [3.05, 3.63) is 59.7 Å². The Bertz CT molecular complexity index is 687. The van der Waals surface area contributed by atoms with Gasteiger partial charge in [0, 0.05) is 11.4 Å². The zero-order valence-corrected chi connectivity index (χ0v) is 16.4. The Morgan fingerprint density at radius 2 is 1.68 bits per heavy atom. The van der Waals surface area contributed by atoms with Crippen LogP contribution in [0.4, 0.5) is 0 Å². The van der Waals surface area contributed by atoms with E-state index in [0.29, 0.717) is 12.3 Å². The average molecular weight is 358 g/mol. The molecular formula is C21H27NO2S. The second kappa shape index (κ2) is 8.43. The molecule has 4 heteroatoms. The predicted molar refractivity (Wildman–Crippen MR) is 105 cm³/mol. The van der Waals surface area contributed by atoms with Crippen LogP contribution in [0, 0.1) is 0 Å². The van der Waals surface area contributed by atoms with E-state index >= 15 is 0 Å². The molecule has 2 rings (SSSR count). The number of amides is 1. The lowest BCUT2D eigenvalue weighted by molar-refractivity contribution is -0.127. The summed E-state index contributed by atoms with van der Waals surface area (Å²) in [5.41, 5.74) is 2.42. The summed E-state index contributed by atoms with van der Waals surface area (Å²) in [6, 6.07) is 16.1. The Balaban J connectivity index is 1.87. The standard InChI is InChI=1S/C21H27NO2S/c1-15(24-18-10-8-17(9-11-18)21(2,3)4)20(23)22-14-16-6-12-19(25-5)13-7-16/h6-13,15H,14H2,1-5H3,(H,22,23). The molecule has 0 aliphatic carbocycles. The van der Waals surface area contributed by atoms with E-state index in [4.69, 9.17) is 4.74 Å². The number of hydrogen-bond donors (Lipinski definition) is 1. The number of carbonyl (C=O) groups excluding carboxylic acids is 1. The second-order valence-electron chi connectivity index (χ2n) is 7.10. The van der Waals surface area contributed by atoms with Crippen molar-refractivity contribution < 1.29 is 9.53 Å². The van der Waals surface area contributed by atoms with Crippen molar-refractivity contribution >= 4 is 17.7 Å². The van der Waals surface area contributed by atoms with E-state index in [1.165, 1.54) is 10.5 Å². The number of hydrogen-bond acceptors (Lipinski definition) is 3. The number of thioether (sulfide) groups is 1. The Morgan fingerprint density at radius 1 is 1.08 bits per heavy atom. The molecule has 0 radical (unpaired) electrons. The smallest absolute Gasteiger partial charge is 0.261 e. The highest BCUT2D eigenvalue weighted by molar-refractivity contribution is 7.98. The summed E-state index contributed by atoms with van der Waals surface area (Å²) < 4.78 is 5.75. The van der Waals surface area contributed by atoms with Crippen LogP contribution in [0.5, 0.6) is 5.75 Å². The summed E-state index contributed by atoms with van der Waals surface area (Å²) in [6.07, 6.45) is 1.51. The minimum Gasteiger partial charge on any atom is -0.481 e. The highest BCUT2D eigenvalue weighted by atomic mass is 32.2. The SMILES string of the molecule is CSc1ccc(CNC(=O)C(C)Oc2ccc(C(C)(C)C)cc2)cc1. The monoisotopic (exact) mass is 357 g/mol. The van der Waals surface area contributed by atoms with Crippen LogP contribution in [0.3, 0.4) is 0 Å². The number of nitrogens with one attached hydrogen (secondary N) is 1. The maximum atomic E-state index is 12.2. The molecule has 0 fully saturated rings. The minimum absolute atomic E-state index is 0.105. The molecule has 2 aromatic carbocycles. The molecule has 1 unspecified atom stereocenters. The van der Waals surface area contributed by atoms with Crippen molar-refractivity contribution in [2.24, 2.45) is 0 Å². The van der Waals surface area contributed by atoms with Gasteiger partial charge in [-0.1, -0.05) is 45.0 Å². The van der Waals surface area contributed by atoms with Gasteiger partial charge in [0.1, 0.15) is 5.75 Å². The largest absolute Gasteiger partial charge is 0.481 e. The quantitative estimate of drug-likeness (QED) is 0.756. The average Bonchev–Trinajstić information content (AvgIpc) is 2.59. The van der Waals surface area contributed by atoms with Gasteiger partial charge in [0.2, 0.25) is 0 Å². The molecule has 0 aromatic heterocycles. The van der Waals surface area contributed by atoms with Crippen LogP contribution in [0.2, 0.25) is 0 Å². The molecule has 3 nitrogen and oxygen atoms in total. The maximum Gasteiger partial charge on any atom is 0.261 e. The van der Waals surface area contributed by atoms with Crippen molar-refractivity contribution in [2.45, 2.75) is 50.7 Å². The third-order valence-corrected chi connectivity index (χ3v) is 4.77. The summed E-state index contributed by atoms with van der Waals surface area (Å²) in [5.74, 6) is 0.591. The zero-order chi connectivity index (χ0) is 18.4. The van der Waals surface area contributed by atoms with Crippen LogP contribution in [-0.2, 0) is 16.8 Å². The third-order valence-electron chi connectivity index (χ3n) is 4.03. The molecule has 25 heavy (non-hydrogen) atoms. The van der Waals surface area contributed by atoms with Gasteiger partial charge in [-0.15, -0.1) is 11.8 Å². The second-order valence-corrected chi connectivity index (χ2v) is 7.98. The van der Waals surface area contributed by atoms with Gasteiger partial charge in [-0.25, -0.2) is 0 Å². The van der Waals surface area contributed by atoms with E-state index in [1.807, 2.05) is 42.7 Å². The lowest BCUT2D eigenvalue weighted by atomic mass is 9.87. The van der Waals surface area contributed by atoms with Gasteiger partial charge in [-0.2, -0.15) is 0 Å². The maximum absolute atomic E-state index is 12.2. The Hall–Kier alpha value is -1.94. The molecule has 0 spiro atoms. The number of rotatable bonds is 6. The fourth-order valence-electron chi connectivity index (χ4n) is 2.37. The molecular weight excluding hydrogens is 330 g/mol. The van der Waals surface area contributed by atoms with E-state index in [2.05, 4.69) is 38.2 Å². The van der Waals surface area contributed by atoms with Crippen molar-refractivity contribution in [2.75, 3.05) is 6.26 Å². The molecule has 1 atom stereocenters. The van der Waals surface area contributed by atoms with Crippen LogP contribution < -0.4 is 10.1 Å². The van der Waals surface area contributed by atoms with Gasteiger partial charge >= 0.3 is 0 Å². The molecule has 0 saturated carbocycles. The number of ether oxygens (including phenoxy) is 1. The third kappa shape index (κ3) is 5.82. The van der Waals surface area contributed by atoms with E-state index in [1.54, 1.807) is 18.7 Å². The first-order valence-electron chi connectivity index (χ1n) is 8.47. The van der Waals surface area contributed by atoms with Gasteiger partial charge in [-0.05, 0) is 54.0 Å². The van der Waals surface area contributed by atoms with Crippen LogP contribution >= 0.6 is 11.8 Å². The molecule has 0 aliphatic rings. The minimum atomic E-state index is -0.536. The summed E-state index contributed by atoms with van der Waals surface area (Å²) in [7, 11) is 0. The van der Waals surface area contributed by atoms with Crippen LogP contribution in [0.25, 0.3) is 0 Å². The summed E-state index contributed by atoms with van der Waals surface area (Å²) >= 11 is 1.70. The first-order chi connectivity index (χ1) is 11.8. The van der Waals surface area contributed by atoms with Gasteiger partial charge in [-0.3, -0.25) is 4.79 Å². The van der Waals surface area contributed by atoms with Gasteiger partial charge in [0.15, 0.2) is 6.10 Å². The molecule has 0 saturated heterocycles. The van der Waals surface area contributed by atoms with Crippen LogP contribution in [-0.4, -0.2) is 18.3 Å². The Kier molecular flexibility index (Phi) is 6.54. The molecule has 134 valence electrons. The van der Waals surface area contributed by atoms with Gasteiger partial charge in [0.05, 0.1) is 0 Å². The van der Waals surface area contributed by atoms with Crippen LogP contribution in [0.15, 0.2) is 53.4 Å². The van der Waals surface area contributed by atoms with Gasteiger partial charge in [0.25, 0.3) is 5.91 Å². The first kappa shape index (κ1) is 19.4. The zero-order valence-electron chi connectivity index (χ0n) is 15.6. The molecule has 2 aromatic rings. The van der Waals surface area contributed by atoms with Crippen molar-refractivity contribution in [1.82, 2.24) is 5.32 Å². The fraction of sp³-hybridized carbons (Fsp3) is 0.381. The van der Waals surface area contributed by atoms with E-state index in [0.717, 1.165) is 5.56 Å². The number of carbonyl (C=O) groups is 1. The van der Waals surface area contributed by atoms with E-state index < -0.39 is 6.10 Å². The topological polar surface area (TPSA) is 38.3 Å². The molecule has 0 heterocycles. The molecule has 1 amide bonds. The van der Waals surface area contributed by atoms with Crippen molar-refractivity contribution in [3.63, 3.8) is 0 Å². The van der Waals surface area contributed by atoms with Crippen molar-refractivity contribution in [1.29, 1.82) is 0 Å². The molecule has 0 aliphatic heterocycles.